The van der Waals surface area contributed by atoms with E-state index < -0.39 is 11.2 Å². The van der Waals surface area contributed by atoms with Crippen LogP contribution in [-0.2, 0) is 11.2 Å². The van der Waals surface area contributed by atoms with Crippen LogP contribution in [0.3, 0.4) is 0 Å². The summed E-state index contributed by atoms with van der Waals surface area (Å²) >= 11 is 12.7. The van der Waals surface area contributed by atoms with Crippen molar-refractivity contribution in [3.63, 3.8) is 0 Å². The normalized spacial score (nSPS) is 24.6. The molecule has 0 spiro atoms. The first-order chi connectivity index (χ1) is 26.3. The molecule has 294 valence electrons. The first kappa shape index (κ1) is 42.5. The Hall–Kier alpha value is -3.62. The van der Waals surface area contributed by atoms with Gasteiger partial charge in [-0.2, -0.15) is 0 Å². The van der Waals surface area contributed by atoms with Crippen LogP contribution in [0.1, 0.15) is 73.6 Å². The molecule has 55 heavy (non-hydrogen) atoms. The smallest absolute Gasteiger partial charge is 0.118 e. The number of halogens is 2. The minimum Gasteiger partial charge on any atom is -0.508 e. The van der Waals surface area contributed by atoms with Crippen molar-refractivity contribution in [2.45, 2.75) is 62.6 Å². The Morgan fingerprint density at radius 2 is 1.15 bits per heavy atom. The lowest BCUT2D eigenvalue weighted by molar-refractivity contribution is 0.000240. The SMILES string of the molecule is CN(C)CC1CCCCC(=Cc2ccccc2)C1(O)c1cccc(O)c1.COc1ccc(C=C2CCCCC(CN(C)C)C2(O)c2cc(Cl)cc(Cl)c2)cc1. The van der Waals surface area contributed by atoms with Gasteiger partial charge in [0.05, 0.1) is 7.11 Å². The maximum Gasteiger partial charge on any atom is 0.118 e. The highest BCUT2D eigenvalue weighted by Crippen LogP contribution is 2.47. The zero-order chi connectivity index (χ0) is 39.6. The Bertz CT molecular complexity index is 1870. The van der Waals surface area contributed by atoms with Crippen LogP contribution in [0.15, 0.2) is 108 Å². The highest BCUT2D eigenvalue weighted by atomic mass is 35.5. The van der Waals surface area contributed by atoms with E-state index in [1.54, 1.807) is 25.3 Å². The number of phenols is 1. The third kappa shape index (κ3) is 10.8. The van der Waals surface area contributed by atoms with Gasteiger partial charge in [-0.05, 0) is 143 Å². The maximum atomic E-state index is 12.3. The monoisotopic (exact) mass is 784 g/mol. The summed E-state index contributed by atoms with van der Waals surface area (Å²) in [5, 5.41) is 35.4. The zero-order valence-corrected chi connectivity index (χ0v) is 34.5. The molecule has 0 bridgehead atoms. The molecule has 0 heterocycles. The number of phenolic OH excluding ortho intramolecular Hbond substituents is 1. The van der Waals surface area contributed by atoms with Gasteiger partial charge in [0.15, 0.2) is 0 Å². The number of ether oxygens (including phenoxy) is 1. The Labute approximate surface area is 338 Å². The predicted molar refractivity (Wildman–Crippen MR) is 229 cm³/mol. The Kier molecular flexibility index (Phi) is 15.1. The van der Waals surface area contributed by atoms with E-state index in [-0.39, 0.29) is 17.6 Å². The van der Waals surface area contributed by atoms with E-state index in [2.05, 4.69) is 34.1 Å². The average Bonchev–Trinajstić information content (AvgIpc) is 3.40. The molecule has 6 rings (SSSR count). The van der Waals surface area contributed by atoms with Crippen LogP contribution in [0.5, 0.6) is 11.5 Å². The number of aliphatic hydroxyl groups is 2. The molecule has 0 aliphatic heterocycles. The lowest BCUT2D eigenvalue weighted by Crippen LogP contribution is -2.41. The highest BCUT2D eigenvalue weighted by Gasteiger charge is 2.44. The standard InChI is InChI=1S/C24H29Cl2NO2.C23H29NO2/c1-27(2)16-19-7-5-4-6-18(12-17-8-10-23(29-3)11-9-17)24(19,28)20-13-21(25)15-22(26)14-20;1-24(2)17-21-12-7-6-11-19(15-18-9-4-3-5-10-18)23(21,26)20-13-8-14-22(25)16-20/h8-15,19,28H,4-7,16H2,1-3H3;3-5,8-10,13-16,21,25-26H,6-7,11-12,17H2,1-2H3. The lowest BCUT2D eigenvalue weighted by Gasteiger charge is -2.39. The van der Waals surface area contributed by atoms with Gasteiger partial charge >= 0.3 is 0 Å². The highest BCUT2D eigenvalue weighted by molar-refractivity contribution is 6.34. The number of hydrogen-bond acceptors (Lipinski definition) is 6. The molecule has 6 nitrogen and oxygen atoms in total. The van der Waals surface area contributed by atoms with Gasteiger partial charge in [0.25, 0.3) is 0 Å². The largest absolute Gasteiger partial charge is 0.508 e. The number of nitrogens with zero attached hydrogens (tertiary/aromatic N) is 2. The lowest BCUT2D eigenvalue weighted by atomic mass is 9.74. The van der Waals surface area contributed by atoms with Crippen molar-refractivity contribution in [1.82, 2.24) is 9.80 Å². The third-order valence-corrected chi connectivity index (χ3v) is 11.5. The van der Waals surface area contributed by atoms with E-state index in [4.69, 9.17) is 27.9 Å². The molecule has 8 heteroatoms. The van der Waals surface area contributed by atoms with Crippen LogP contribution < -0.4 is 4.74 Å². The fourth-order valence-electron chi connectivity index (χ4n) is 8.44. The van der Waals surface area contributed by atoms with Crippen LogP contribution in [-0.4, -0.2) is 73.5 Å². The van der Waals surface area contributed by atoms with E-state index in [9.17, 15) is 15.3 Å². The molecule has 4 aromatic rings. The molecule has 2 aliphatic rings. The zero-order valence-electron chi connectivity index (χ0n) is 33.0. The molecule has 0 radical (unpaired) electrons. The molecule has 4 unspecified atom stereocenters. The van der Waals surface area contributed by atoms with E-state index in [0.717, 1.165) is 104 Å². The van der Waals surface area contributed by atoms with Crippen LogP contribution >= 0.6 is 23.2 Å². The maximum absolute atomic E-state index is 12.3. The van der Waals surface area contributed by atoms with Gasteiger partial charge in [-0.3, -0.25) is 0 Å². The van der Waals surface area contributed by atoms with Gasteiger partial charge in [0.2, 0.25) is 0 Å². The molecule has 4 aromatic carbocycles. The van der Waals surface area contributed by atoms with Crippen molar-refractivity contribution in [2.75, 3.05) is 48.4 Å². The van der Waals surface area contributed by atoms with Crippen molar-refractivity contribution >= 4 is 35.4 Å². The van der Waals surface area contributed by atoms with Crippen LogP contribution in [0, 0.1) is 11.8 Å². The molecule has 4 atom stereocenters. The summed E-state index contributed by atoms with van der Waals surface area (Å²) in [5.41, 5.74) is 3.54. The predicted octanol–water partition coefficient (Wildman–Crippen LogP) is 10.4. The van der Waals surface area contributed by atoms with Crippen molar-refractivity contribution in [1.29, 1.82) is 0 Å². The van der Waals surface area contributed by atoms with Crippen LogP contribution in [0.4, 0.5) is 0 Å². The van der Waals surface area contributed by atoms with Gasteiger partial charge in [-0.25, -0.2) is 0 Å². The molecular formula is C47H58Cl2N2O4. The minimum absolute atomic E-state index is 0.0408. The van der Waals surface area contributed by atoms with Crippen LogP contribution in [0.2, 0.25) is 10.0 Å². The van der Waals surface area contributed by atoms with E-state index >= 15 is 0 Å². The van der Waals surface area contributed by atoms with Crippen molar-refractivity contribution < 1.29 is 20.1 Å². The first-order valence-corrected chi connectivity index (χ1v) is 20.2. The number of hydrogen-bond donors (Lipinski definition) is 3. The quantitative estimate of drug-likeness (QED) is 0.147. The van der Waals surface area contributed by atoms with Crippen molar-refractivity contribution in [3.8, 4) is 11.5 Å². The summed E-state index contributed by atoms with van der Waals surface area (Å²) in [4.78, 5) is 4.28. The van der Waals surface area contributed by atoms with E-state index in [1.165, 1.54) is 0 Å². The van der Waals surface area contributed by atoms with E-state index in [0.29, 0.717) is 10.0 Å². The van der Waals surface area contributed by atoms with E-state index in [1.807, 2.05) is 94.9 Å². The number of benzene rings is 4. The first-order valence-electron chi connectivity index (χ1n) is 19.4. The van der Waals surface area contributed by atoms with Gasteiger partial charge in [-0.1, -0.05) is 103 Å². The molecule has 0 saturated heterocycles. The van der Waals surface area contributed by atoms with Gasteiger partial charge in [0, 0.05) is 35.0 Å². The van der Waals surface area contributed by atoms with Crippen molar-refractivity contribution in [3.05, 3.63) is 141 Å². The minimum atomic E-state index is -1.13. The molecular weight excluding hydrogens is 727 g/mol. The topological polar surface area (TPSA) is 76.4 Å². The average molecular weight is 786 g/mol. The van der Waals surface area contributed by atoms with Crippen LogP contribution in [0.25, 0.3) is 12.2 Å². The third-order valence-electron chi connectivity index (χ3n) is 11.0. The summed E-state index contributed by atoms with van der Waals surface area (Å²) < 4.78 is 5.27. The number of aromatic hydroxyl groups is 1. The summed E-state index contributed by atoms with van der Waals surface area (Å²) in [6, 6.07) is 30.6. The summed E-state index contributed by atoms with van der Waals surface area (Å²) in [6.07, 6.45) is 12.2. The second kappa shape index (κ2) is 19.5. The fraction of sp³-hybridized carbons (Fsp3) is 0.404. The summed E-state index contributed by atoms with van der Waals surface area (Å²) in [7, 11) is 9.85. The summed E-state index contributed by atoms with van der Waals surface area (Å²) in [5.74, 6) is 1.13. The van der Waals surface area contributed by atoms with Gasteiger partial charge in [0.1, 0.15) is 22.7 Å². The molecule has 2 aliphatic carbocycles. The summed E-state index contributed by atoms with van der Waals surface area (Å²) in [6.45, 7) is 1.58. The number of rotatable bonds is 9. The Morgan fingerprint density at radius 1 is 0.636 bits per heavy atom. The second-order valence-electron chi connectivity index (χ2n) is 15.7. The Morgan fingerprint density at radius 3 is 1.64 bits per heavy atom. The molecule has 2 fully saturated rings. The second-order valence-corrected chi connectivity index (χ2v) is 16.5. The molecule has 0 amide bonds. The van der Waals surface area contributed by atoms with Crippen molar-refractivity contribution in [2.24, 2.45) is 11.8 Å². The molecule has 0 aromatic heterocycles. The fourth-order valence-corrected chi connectivity index (χ4v) is 8.97. The van der Waals surface area contributed by atoms with Gasteiger partial charge < -0.3 is 29.9 Å². The Balaban J connectivity index is 0.000000212. The molecule has 3 N–H and O–H groups in total. The van der Waals surface area contributed by atoms with Gasteiger partial charge in [-0.15, -0.1) is 0 Å². The number of methoxy groups -OCH3 is 1. The molecule has 2 saturated carbocycles.